The van der Waals surface area contributed by atoms with Crippen LogP contribution < -0.4 is 9.62 Å². The van der Waals surface area contributed by atoms with Crippen LogP contribution in [0.25, 0.3) is 0 Å². The maximum atomic E-state index is 12.9. The summed E-state index contributed by atoms with van der Waals surface area (Å²) in [5, 5.41) is 9.89. The highest BCUT2D eigenvalue weighted by Crippen LogP contribution is 2.30. The number of piperidine rings is 2. The van der Waals surface area contributed by atoms with Gasteiger partial charge in [0.25, 0.3) is 10.0 Å². The van der Waals surface area contributed by atoms with Crippen molar-refractivity contribution >= 4 is 27.4 Å². The fourth-order valence-electron chi connectivity index (χ4n) is 5.15. The van der Waals surface area contributed by atoms with Gasteiger partial charge in [-0.3, -0.25) is 4.72 Å². The first-order valence-corrected chi connectivity index (χ1v) is 14.0. The Morgan fingerprint density at radius 3 is 2.14 bits per heavy atom. The lowest BCUT2D eigenvalue weighted by Gasteiger charge is -2.41. The van der Waals surface area contributed by atoms with Crippen LogP contribution in [-0.4, -0.2) is 56.6 Å². The number of hydrogen-bond acceptors (Lipinski definition) is 5. The Morgan fingerprint density at radius 1 is 0.943 bits per heavy atom. The SMILES string of the molecule is CC(C)(C)c1ccc(S(=O)(=O)Nc2ccc(N3CCC(N4CCCCC4)CC3)c(C(=O)O)c2)cc1. The van der Waals surface area contributed by atoms with Crippen LogP contribution in [0.3, 0.4) is 0 Å². The van der Waals surface area contributed by atoms with E-state index < -0.39 is 16.0 Å². The minimum atomic E-state index is -3.84. The van der Waals surface area contributed by atoms with Crippen molar-refractivity contribution in [2.45, 2.75) is 69.2 Å². The minimum absolute atomic E-state index is 0.0792. The van der Waals surface area contributed by atoms with E-state index in [1.807, 2.05) is 12.1 Å². The average molecular weight is 500 g/mol. The van der Waals surface area contributed by atoms with Gasteiger partial charge in [-0.1, -0.05) is 39.3 Å². The van der Waals surface area contributed by atoms with Gasteiger partial charge in [0.2, 0.25) is 0 Å². The zero-order valence-electron chi connectivity index (χ0n) is 21.0. The number of carboxylic acids is 1. The van der Waals surface area contributed by atoms with Crippen LogP contribution >= 0.6 is 0 Å². The van der Waals surface area contributed by atoms with Crippen molar-refractivity contribution in [2.24, 2.45) is 0 Å². The molecule has 2 aromatic carbocycles. The van der Waals surface area contributed by atoms with E-state index in [1.54, 1.807) is 24.3 Å². The lowest BCUT2D eigenvalue weighted by atomic mass is 9.87. The number of carboxylic acid groups (broad SMARTS) is 1. The molecule has 2 N–H and O–H groups in total. The number of nitrogens with zero attached hydrogens (tertiary/aromatic N) is 2. The molecule has 0 amide bonds. The molecule has 4 rings (SSSR count). The summed E-state index contributed by atoms with van der Waals surface area (Å²) in [6, 6.07) is 12.2. The summed E-state index contributed by atoms with van der Waals surface area (Å²) in [5.74, 6) is -1.06. The first-order chi connectivity index (χ1) is 16.5. The second kappa shape index (κ2) is 10.2. The topological polar surface area (TPSA) is 90.0 Å². The number of anilines is 2. The van der Waals surface area contributed by atoms with Crippen molar-refractivity contribution in [2.75, 3.05) is 35.8 Å². The fourth-order valence-corrected chi connectivity index (χ4v) is 6.20. The largest absolute Gasteiger partial charge is 0.478 e. The number of aromatic carboxylic acids is 1. The van der Waals surface area contributed by atoms with Crippen molar-refractivity contribution < 1.29 is 18.3 Å². The van der Waals surface area contributed by atoms with Gasteiger partial charge in [0.15, 0.2) is 0 Å². The Morgan fingerprint density at radius 2 is 1.57 bits per heavy atom. The molecule has 0 bridgehead atoms. The van der Waals surface area contributed by atoms with Crippen molar-refractivity contribution in [3.05, 3.63) is 53.6 Å². The van der Waals surface area contributed by atoms with Crippen LogP contribution in [0.1, 0.15) is 68.8 Å². The summed E-state index contributed by atoms with van der Waals surface area (Å²) in [4.78, 5) is 16.9. The molecule has 0 aromatic heterocycles. The van der Waals surface area contributed by atoms with Gasteiger partial charge >= 0.3 is 5.97 Å². The van der Waals surface area contributed by atoms with Crippen LogP contribution in [-0.2, 0) is 15.4 Å². The van der Waals surface area contributed by atoms with Crippen LogP contribution in [0.2, 0.25) is 0 Å². The number of carbonyl (C=O) groups is 1. The molecule has 190 valence electrons. The molecule has 2 aromatic rings. The van der Waals surface area contributed by atoms with Crippen molar-refractivity contribution in [3.8, 4) is 0 Å². The monoisotopic (exact) mass is 499 g/mol. The van der Waals surface area contributed by atoms with Crippen molar-refractivity contribution in [3.63, 3.8) is 0 Å². The smallest absolute Gasteiger partial charge is 0.337 e. The van der Waals surface area contributed by atoms with Crippen molar-refractivity contribution in [1.29, 1.82) is 0 Å². The molecule has 8 heteroatoms. The maximum absolute atomic E-state index is 12.9. The van der Waals surface area contributed by atoms with E-state index in [0.717, 1.165) is 31.5 Å². The summed E-state index contributed by atoms with van der Waals surface area (Å²) >= 11 is 0. The summed E-state index contributed by atoms with van der Waals surface area (Å²) in [6.07, 6.45) is 5.87. The number of hydrogen-bond donors (Lipinski definition) is 2. The highest BCUT2D eigenvalue weighted by molar-refractivity contribution is 7.92. The van der Waals surface area contributed by atoms with E-state index >= 15 is 0 Å². The van der Waals surface area contributed by atoms with Gasteiger partial charge in [0.05, 0.1) is 16.1 Å². The van der Waals surface area contributed by atoms with Gasteiger partial charge in [-0.25, -0.2) is 13.2 Å². The molecular weight excluding hydrogens is 462 g/mol. The lowest BCUT2D eigenvalue weighted by Crippen LogP contribution is -2.47. The molecule has 2 aliphatic rings. The molecule has 2 fully saturated rings. The highest BCUT2D eigenvalue weighted by atomic mass is 32.2. The normalized spacial score (nSPS) is 18.4. The van der Waals surface area contributed by atoms with E-state index in [1.165, 1.54) is 38.4 Å². The standard InChI is InChI=1S/C27H37N3O4S/c1-27(2,3)20-7-10-23(11-8-20)35(33,34)28-21-9-12-25(24(19-21)26(31)32)30-17-13-22(14-18-30)29-15-5-4-6-16-29/h7-12,19,22,28H,4-6,13-18H2,1-3H3,(H,31,32). The van der Waals surface area contributed by atoms with Crippen LogP contribution in [0.4, 0.5) is 11.4 Å². The zero-order valence-corrected chi connectivity index (χ0v) is 21.8. The van der Waals surface area contributed by atoms with E-state index in [9.17, 15) is 18.3 Å². The van der Waals surface area contributed by atoms with Crippen LogP contribution in [0.5, 0.6) is 0 Å². The number of sulfonamides is 1. The maximum Gasteiger partial charge on any atom is 0.337 e. The zero-order chi connectivity index (χ0) is 25.2. The third-order valence-electron chi connectivity index (χ3n) is 7.22. The second-order valence-corrected chi connectivity index (χ2v) is 12.4. The third kappa shape index (κ3) is 5.98. The lowest BCUT2D eigenvalue weighted by molar-refractivity contribution is 0.0697. The molecule has 2 aliphatic heterocycles. The summed E-state index contributed by atoms with van der Waals surface area (Å²) < 4.78 is 28.4. The van der Waals surface area contributed by atoms with E-state index in [4.69, 9.17) is 0 Å². The number of benzene rings is 2. The summed E-state index contributed by atoms with van der Waals surface area (Å²) in [5.41, 5.74) is 1.97. The molecule has 0 aliphatic carbocycles. The molecule has 0 spiro atoms. The molecule has 0 saturated carbocycles. The second-order valence-electron chi connectivity index (χ2n) is 10.7. The van der Waals surface area contributed by atoms with Gasteiger partial charge in [0, 0.05) is 24.8 Å². The summed E-state index contributed by atoms with van der Waals surface area (Å²) in [7, 11) is -3.84. The van der Waals surface area contributed by atoms with Crippen LogP contribution in [0, 0.1) is 0 Å². The molecule has 0 atom stereocenters. The Balaban J connectivity index is 1.48. The van der Waals surface area contributed by atoms with Gasteiger partial charge in [-0.05, 0) is 80.1 Å². The van der Waals surface area contributed by atoms with Gasteiger partial charge < -0.3 is 14.9 Å². The Hall–Kier alpha value is -2.58. The molecular formula is C27H37N3O4S. The molecule has 35 heavy (non-hydrogen) atoms. The Kier molecular flexibility index (Phi) is 7.43. The summed E-state index contributed by atoms with van der Waals surface area (Å²) in [6.45, 7) is 10.1. The number of nitrogens with one attached hydrogen (secondary N) is 1. The Labute approximate surface area is 209 Å². The van der Waals surface area contributed by atoms with E-state index in [-0.39, 0.29) is 21.6 Å². The predicted octanol–water partition coefficient (Wildman–Crippen LogP) is 4.94. The Bertz CT molecular complexity index is 1140. The van der Waals surface area contributed by atoms with Gasteiger partial charge in [0.1, 0.15) is 0 Å². The first-order valence-electron chi connectivity index (χ1n) is 12.5. The van der Waals surface area contributed by atoms with Crippen LogP contribution in [0.15, 0.2) is 47.4 Å². The average Bonchev–Trinajstić information content (AvgIpc) is 2.84. The number of likely N-dealkylation sites (tertiary alicyclic amines) is 1. The number of rotatable bonds is 6. The molecule has 0 unspecified atom stereocenters. The van der Waals surface area contributed by atoms with E-state index in [0.29, 0.717) is 11.7 Å². The molecule has 0 radical (unpaired) electrons. The quantitative estimate of drug-likeness (QED) is 0.585. The fraction of sp³-hybridized carbons (Fsp3) is 0.519. The molecule has 2 heterocycles. The van der Waals surface area contributed by atoms with E-state index in [2.05, 4.69) is 35.3 Å². The molecule has 2 saturated heterocycles. The van der Waals surface area contributed by atoms with Gasteiger partial charge in [-0.2, -0.15) is 0 Å². The minimum Gasteiger partial charge on any atom is -0.478 e. The molecule has 7 nitrogen and oxygen atoms in total. The van der Waals surface area contributed by atoms with Gasteiger partial charge in [-0.15, -0.1) is 0 Å². The predicted molar refractivity (Wildman–Crippen MR) is 140 cm³/mol. The first kappa shape index (κ1) is 25.5. The third-order valence-corrected chi connectivity index (χ3v) is 8.62. The highest BCUT2D eigenvalue weighted by Gasteiger charge is 2.28. The van der Waals surface area contributed by atoms with Crippen molar-refractivity contribution in [1.82, 2.24) is 4.90 Å².